The minimum absolute atomic E-state index is 0.00559. The molecule has 1 amide bonds. The number of carbonyl (C=O) groups excluding carboxylic acids is 1. The minimum Gasteiger partial charge on any atom is -0.383 e. The summed E-state index contributed by atoms with van der Waals surface area (Å²) in [5.74, 6) is -0.0914. The molecule has 20 heavy (non-hydrogen) atoms. The first kappa shape index (κ1) is 14.8. The number of sulfonamides is 1. The second kappa shape index (κ2) is 5.80. The first-order valence-electron chi connectivity index (χ1n) is 6.53. The van der Waals surface area contributed by atoms with Crippen LogP contribution < -0.4 is 11.1 Å². The van der Waals surface area contributed by atoms with Gasteiger partial charge in [0.15, 0.2) is 0 Å². The van der Waals surface area contributed by atoms with E-state index in [4.69, 9.17) is 5.73 Å². The molecule has 8 nitrogen and oxygen atoms in total. The van der Waals surface area contributed by atoms with Crippen molar-refractivity contribution < 1.29 is 13.2 Å². The number of hydrogen-bond donors (Lipinski definition) is 3. The third-order valence-corrected chi connectivity index (χ3v) is 5.35. The van der Waals surface area contributed by atoms with E-state index in [1.165, 1.54) is 10.5 Å². The van der Waals surface area contributed by atoms with Crippen molar-refractivity contribution in [1.82, 2.24) is 19.8 Å². The molecule has 1 aromatic heterocycles. The van der Waals surface area contributed by atoms with Gasteiger partial charge in [-0.3, -0.25) is 9.89 Å². The van der Waals surface area contributed by atoms with Gasteiger partial charge in [-0.15, -0.1) is 0 Å². The van der Waals surface area contributed by atoms with Crippen molar-refractivity contribution in [3.8, 4) is 0 Å². The molecule has 4 N–H and O–H groups in total. The Kier molecular flexibility index (Phi) is 4.29. The highest BCUT2D eigenvalue weighted by atomic mass is 32.2. The van der Waals surface area contributed by atoms with E-state index in [9.17, 15) is 13.2 Å². The van der Waals surface area contributed by atoms with Crippen LogP contribution in [0, 0.1) is 5.92 Å². The Morgan fingerprint density at radius 3 is 2.70 bits per heavy atom. The lowest BCUT2D eigenvalue weighted by Gasteiger charge is -2.30. The molecule has 1 fully saturated rings. The van der Waals surface area contributed by atoms with Crippen molar-refractivity contribution in [1.29, 1.82) is 0 Å². The summed E-state index contributed by atoms with van der Waals surface area (Å²) in [4.78, 5) is 11.7. The molecule has 0 radical (unpaired) electrons. The van der Waals surface area contributed by atoms with Crippen LogP contribution in [0.25, 0.3) is 0 Å². The van der Waals surface area contributed by atoms with Gasteiger partial charge in [0.25, 0.3) is 0 Å². The predicted molar refractivity (Wildman–Crippen MR) is 73.2 cm³/mol. The number of nitrogens with one attached hydrogen (secondary N) is 2. The zero-order valence-electron chi connectivity index (χ0n) is 11.3. The molecule has 1 aliphatic rings. The van der Waals surface area contributed by atoms with E-state index in [0.717, 1.165) is 0 Å². The number of hydrogen-bond acceptors (Lipinski definition) is 5. The van der Waals surface area contributed by atoms with Crippen molar-refractivity contribution in [3.63, 3.8) is 0 Å². The molecule has 2 heterocycles. The molecule has 0 unspecified atom stereocenters. The average molecular weight is 301 g/mol. The molecule has 0 aliphatic carbocycles. The van der Waals surface area contributed by atoms with Crippen LogP contribution in [-0.2, 0) is 14.8 Å². The van der Waals surface area contributed by atoms with Gasteiger partial charge in [-0.05, 0) is 19.8 Å². The van der Waals surface area contributed by atoms with Gasteiger partial charge in [0.05, 0.1) is 6.20 Å². The molecule has 1 aromatic rings. The van der Waals surface area contributed by atoms with Gasteiger partial charge in [0.2, 0.25) is 15.9 Å². The Balaban J connectivity index is 2.04. The van der Waals surface area contributed by atoms with E-state index in [2.05, 4.69) is 15.5 Å². The Morgan fingerprint density at radius 2 is 2.20 bits per heavy atom. The number of nitrogen functional groups attached to an aromatic ring is 1. The smallest absolute Gasteiger partial charge is 0.248 e. The highest BCUT2D eigenvalue weighted by molar-refractivity contribution is 7.89. The number of H-pyrrole nitrogens is 1. The topological polar surface area (TPSA) is 121 Å². The Hall–Kier alpha value is -1.61. The normalized spacial score (nSPS) is 18.1. The first-order chi connectivity index (χ1) is 9.46. The summed E-state index contributed by atoms with van der Waals surface area (Å²) in [6.07, 6.45) is 2.24. The molecule has 0 aromatic carbocycles. The third-order valence-electron chi connectivity index (χ3n) is 3.43. The van der Waals surface area contributed by atoms with Gasteiger partial charge in [-0.2, -0.15) is 9.40 Å². The van der Waals surface area contributed by atoms with Gasteiger partial charge >= 0.3 is 0 Å². The van der Waals surface area contributed by atoms with E-state index in [1.807, 2.05) is 6.92 Å². The number of anilines is 1. The van der Waals surface area contributed by atoms with E-state index in [-0.39, 0.29) is 22.5 Å². The standard InChI is InChI=1S/C11H19N5O3S/c1-2-13-11(17)8-3-5-16(6-4-8)20(18,19)9-7-14-15-10(9)12/h7-8H,2-6H2,1H3,(H,13,17)(H3,12,14,15). The number of aromatic nitrogens is 2. The Morgan fingerprint density at radius 1 is 1.55 bits per heavy atom. The summed E-state index contributed by atoms with van der Waals surface area (Å²) < 4.78 is 26.1. The first-order valence-corrected chi connectivity index (χ1v) is 7.97. The molecule has 2 rings (SSSR count). The summed E-state index contributed by atoms with van der Waals surface area (Å²) in [6, 6.07) is 0. The van der Waals surface area contributed by atoms with E-state index < -0.39 is 10.0 Å². The summed E-state index contributed by atoms with van der Waals surface area (Å²) >= 11 is 0. The van der Waals surface area contributed by atoms with Crippen molar-refractivity contribution in [2.24, 2.45) is 5.92 Å². The fourth-order valence-corrected chi connectivity index (χ4v) is 3.79. The molecule has 0 saturated carbocycles. The Bertz CT molecular complexity index is 575. The van der Waals surface area contributed by atoms with Crippen LogP contribution >= 0.6 is 0 Å². The van der Waals surface area contributed by atoms with Crippen LogP contribution in [-0.4, -0.2) is 48.5 Å². The molecule has 112 valence electrons. The fraction of sp³-hybridized carbons (Fsp3) is 0.636. The lowest BCUT2D eigenvalue weighted by Crippen LogP contribution is -2.43. The predicted octanol–water partition coefficient (Wildman–Crippen LogP) is -0.471. The number of piperidine rings is 1. The number of rotatable bonds is 4. The van der Waals surface area contributed by atoms with Crippen LogP contribution in [0.5, 0.6) is 0 Å². The lowest BCUT2D eigenvalue weighted by molar-refractivity contribution is -0.126. The van der Waals surface area contributed by atoms with Crippen LogP contribution in [0.15, 0.2) is 11.1 Å². The zero-order chi connectivity index (χ0) is 14.8. The van der Waals surface area contributed by atoms with Crippen molar-refractivity contribution in [2.75, 3.05) is 25.4 Å². The molecule has 0 spiro atoms. The number of nitrogens with zero attached hydrogens (tertiary/aromatic N) is 2. The molecule has 1 saturated heterocycles. The van der Waals surface area contributed by atoms with Gasteiger partial charge in [-0.1, -0.05) is 0 Å². The highest BCUT2D eigenvalue weighted by Crippen LogP contribution is 2.25. The maximum Gasteiger partial charge on any atom is 0.248 e. The van der Waals surface area contributed by atoms with Crippen molar-refractivity contribution >= 4 is 21.7 Å². The van der Waals surface area contributed by atoms with Crippen LogP contribution in [0.2, 0.25) is 0 Å². The number of aromatic amines is 1. The largest absolute Gasteiger partial charge is 0.383 e. The van der Waals surface area contributed by atoms with Gasteiger partial charge < -0.3 is 11.1 Å². The van der Waals surface area contributed by atoms with Crippen molar-refractivity contribution in [3.05, 3.63) is 6.20 Å². The van der Waals surface area contributed by atoms with Crippen LogP contribution in [0.3, 0.4) is 0 Å². The van der Waals surface area contributed by atoms with E-state index >= 15 is 0 Å². The molecule has 0 atom stereocenters. The minimum atomic E-state index is -3.63. The van der Waals surface area contributed by atoms with Crippen LogP contribution in [0.1, 0.15) is 19.8 Å². The monoisotopic (exact) mass is 301 g/mol. The summed E-state index contributed by atoms with van der Waals surface area (Å²) in [7, 11) is -3.63. The number of carbonyl (C=O) groups is 1. The van der Waals surface area contributed by atoms with Crippen molar-refractivity contribution in [2.45, 2.75) is 24.7 Å². The van der Waals surface area contributed by atoms with E-state index in [1.54, 1.807) is 0 Å². The number of amides is 1. The molecular weight excluding hydrogens is 282 g/mol. The maximum atomic E-state index is 12.4. The van der Waals surface area contributed by atoms with Gasteiger partial charge in [0, 0.05) is 25.6 Å². The molecule has 9 heteroatoms. The average Bonchev–Trinajstić information content (AvgIpc) is 2.86. The van der Waals surface area contributed by atoms with E-state index in [0.29, 0.717) is 32.5 Å². The van der Waals surface area contributed by atoms with Gasteiger partial charge in [-0.25, -0.2) is 8.42 Å². The Labute approximate surface area is 117 Å². The second-order valence-electron chi connectivity index (χ2n) is 4.72. The molecule has 0 bridgehead atoms. The van der Waals surface area contributed by atoms with Gasteiger partial charge in [0.1, 0.15) is 10.7 Å². The molecular formula is C11H19N5O3S. The summed E-state index contributed by atoms with van der Waals surface area (Å²) in [6.45, 7) is 3.07. The van der Waals surface area contributed by atoms with Crippen LogP contribution in [0.4, 0.5) is 5.82 Å². The highest BCUT2D eigenvalue weighted by Gasteiger charge is 2.33. The summed E-state index contributed by atoms with van der Waals surface area (Å²) in [5.41, 5.74) is 5.56. The second-order valence-corrected chi connectivity index (χ2v) is 6.63. The molecule has 1 aliphatic heterocycles. The summed E-state index contributed by atoms with van der Waals surface area (Å²) in [5, 5.41) is 8.81. The third kappa shape index (κ3) is 2.78. The fourth-order valence-electron chi connectivity index (χ4n) is 2.31. The SMILES string of the molecule is CCNC(=O)C1CCN(S(=O)(=O)c2cn[nH]c2N)CC1. The number of nitrogens with two attached hydrogens (primary N) is 1. The quantitative estimate of drug-likeness (QED) is 0.694. The maximum absolute atomic E-state index is 12.4. The lowest BCUT2D eigenvalue weighted by atomic mass is 9.97. The zero-order valence-corrected chi connectivity index (χ0v) is 12.1.